The van der Waals surface area contributed by atoms with Gasteiger partial charge in [-0.2, -0.15) is 8.78 Å². The molecule has 8 heteroatoms. The van der Waals surface area contributed by atoms with Crippen LogP contribution in [-0.4, -0.2) is 18.5 Å². The van der Waals surface area contributed by atoms with E-state index in [1.807, 2.05) is 6.07 Å². The minimum Gasteiger partial charge on any atom is -0.434 e. The molecule has 3 aromatic rings. The first-order valence-corrected chi connectivity index (χ1v) is 8.59. The van der Waals surface area contributed by atoms with Crippen LogP contribution in [0.25, 0.3) is 0 Å². The second-order valence-corrected chi connectivity index (χ2v) is 5.85. The van der Waals surface area contributed by atoms with Crippen molar-refractivity contribution >= 4 is 29.0 Å². The lowest BCUT2D eigenvalue weighted by Gasteiger charge is -2.12. The van der Waals surface area contributed by atoms with Crippen molar-refractivity contribution in [2.24, 2.45) is 0 Å². The van der Waals surface area contributed by atoms with Crippen molar-refractivity contribution in [1.29, 1.82) is 0 Å². The molecule has 6 nitrogen and oxygen atoms in total. The van der Waals surface area contributed by atoms with E-state index in [1.54, 1.807) is 54.6 Å². The Morgan fingerprint density at radius 1 is 0.724 bits per heavy atom. The zero-order chi connectivity index (χ0) is 20.6. The lowest BCUT2D eigenvalue weighted by atomic mass is 10.2. The monoisotopic (exact) mass is 397 g/mol. The van der Waals surface area contributed by atoms with Crippen molar-refractivity contribution in [1.82, 2.24) is 0 Å². The van der Waals surface area contributed by atoms with Gasteiger partial charge in [0.05, 0.1) is 5.56 Å². The molecule has 0 aliphatic heterocycles. The van der Waals surface area contributed by atoms with Crippen LogP contribution in [0.5, 0.6) is 5.75 Å². The number of urea groups is 1. The molecule has 0 saturated heterocycles. The number of anilines is 3. The number of rotatable bonds is 6. The van der Waals surface area contributed by atoms with Gasteiger partial charge in [-0.1, -0.05) is 36.4 Å². The summed E-state index contributed by atoms with van der Waals surface area (Å²) in [6, 6.07) is 20.6. The summed E-state index contributed by atoms with van der Waals surface area (Å²) < 4.78 is 29.4. The molecule has 0 heterocycles. The van der Waals surface area contributed by atoms with Crippen molar-refractivity contribution < 1.29 is 23.1 Å². The quantitative estimate of drug-likeness (QED) is 0.536. The molecule has 3 amide bonds. The van der Waals surface area contributed by atoms with Gasteiger partial charge in [0.1, 0.15) is 5.75 Å². The summed E-state index contributed by atoms with van der Waals surface area (Å²) in [5.74, 6) is -0.844. The van der Waals surface area contributed by atoms with E-state index in [2.05, 4.69) is 20.7 Å². The SMILES string of the molecule is O=C(Nc1ccccc1)Nc1cccc(NC(=O)c2ccccc2OC(F)F)c1. The number of ether oxygens (including phenoxy) is 1. The Labute approximate surface area is 165 Å². The predicted molar refractivity (Wildman–Crippen MR) is 107 cm³/mol. The minimum absolute atomic E-state index is 0.0343. The summed E-state index contributed by atoms with van der Waals surface area (Å²) in [6.07, 6.45) is 0. The molecular weight excluding hydrogens is 380 g/mol. The van der Waals surface area contributed by atoms with Crippen molar-refractivity contribution in [3.8, 4) is 5.75 Å². The van der Waals surface area contributed by atoms with Crippen LogP contribution in [-0.2, 0) is 0 Å². The zero-order valence-electron chi connectivity index (χ0n) is 15.1. The molecule has 3 N–H and O–H groups in total. The number of benzene rings is 3. The Hall–Kier alpha value is -3.94. The first kappa shape index (κ1) is 19.8. The highest BCUT2D eigenvalue weighted by Crippen LogP contribution is 2.22. The third-order valence-electron chi connectivity index (χ3n) is 3.76. The van der Waals surface area contributed by atoms with Gasteiger partial charge in [0.25, 0.3) is 5.91 Å². The molecule has 0 unspecified atom stereocenters. The van der Waals surface area contributed by atoms with Gasteiger partial charge in [-0.25, -0.2) is 4.79 Å². The van der Waals surface area contributed by atoms with Crippen LogP contribution >= 0.6 is 0 Å². The van der Waals surface area contributed by atoms with Crippen LogP contribution in [0.2, 0.25) is 0 Å². The van der Waals surface area contributed by atoms with Gasteiger partial charge in [-0.3, -0.25) is 4.79 Å². The average molecular weight is 397 g/mol. The number of hydrogen-bond donors (Lipinski definition) is 3. The van der Waals surface area contributed by atoms with Crippen LogP contribution in [0.1, 0.15) is 10.4 Å². The molecule has 3 rings (SSSR count). The summed E-state index contributed by atoms with van der Waals surface area (Å²) in [7, 11) is 0. The lowest BCUT2D eigenvalue weighted by Crippen LogP contribution is -2.19. The normalized spacial score (nSPS) is 10.3. The Balaban J connectivity index is 1.67. The fourth-order valence-electron chi connectivity index (χ4n) is 2.54. The molecule has 0 aliphatic rings. The number of amides is 3. The number of alkyl halides is 2. The first-order chi connectivity index (χ1) is 14.0. The van der Waals surface area contributed by atoms with E-state index in [4.69, 9.17) is 0 Å². The maximum atomic E-state index is 12.5. The fourth-order valence-corrected chi connectivity index (χ4v) is 2.54. The summed E-state index contributed by atoms with van der Waals surface area (Å²) in [4.78, 5) is 24.5. The Bertz CT molecular complexity index is 997. The number of carbonyl (C=O) groups excluding carboxylic acids is 2. The zero-order valence-corrected chi connectivity index (χ0v) is 15.1. The summed E-state index contributed by atoms with van der Waals surface area (Å²) >= 11 is 0. The van der Waals surface area contributed by atoms with E-state index < -0.39 is 18.5 Å². The molecule has 29 heavy (non-hydrogen) atoms. The molecular formula is C21H17F2N3O3. The smallest absolute Gasteiger partial charge is 0.387 e. The molecule has 148 valence electrons. The van der Waals surface area contributed by atoms with E-state index in [0.717, 1.165) is 0 Å². The summed E-state index contributed by atoms with van der Waals surface area (Å²) in [6.45, 7) is -3.04. The molecule has 0 aliphatic carbocycles. The van der Waals surface area contributed by atoms with Crippen LogP contribution in [0.3, 0.4) is 0 Å². The number of hydrogen-bond acceptors (Lipinski definition) is 3. The number of para-hydroxylation sites is 2. The van der Waals surface area contributed by atoms with Gasteiger partial charge in [0.2, 0.25) is 0 Å². The molecule has 0 bridgehead atoms. The number of halogens is 2. The molecule has 3 aromatic carbocycles. The van der Waals surface area contributed by atoms with E-state index >= 15 is 0 Å². The highest BCUT2D eigenvalue weighted by Gasteiger charge is 2.15. The van der Waals surface area contributed by atoms with E-state index in [9.17, 15) is 18.4 Å². The summed E-state index contributed by atoms with van der Waals surface area (Å²) in [5, 5.41) is 7.93. The van der Waals surface area contributed by atoms with E-state index in [-0.39, 0.29) is 11.3 Å². The van der Waals surface area contributed by atoms with Gasteiger partial charge < -0.3 is 20.7 Å². The maximum absolute atomic E-state index is 12.5. The Morgan fingerprint density at radius 2 is 1.31 bits per heavy atom. The topological polar surface area (TPSA) is 79.5 Å². The Morgan fingerprint density at radius 3 is 2.03 bits per heavy atom. The van der Waals surface area contributed by atoms with E-state index in [1.165, 1.54) is 18.2 Å². The fraction of sp³-hybridized carbons (Fsp3) is 0.0476. The summed E-state index contributed by atoms with van der Waals surface area (Å²) in [5.41, 5.74) is 1.41. The lowest BCUT2D eigenvalue weighted by molar-refractivity contribution is -0.0501. The predicted octanol–water partition coefficient (Wildman–Crippen LogP) is 5.18. The van der Waals surface area contributed by atoms with Gasteiger partial charge in [-0.15, -0.1) is 0 Å². The second kappa shape index (κ2) is 9.32. The number of carbonyl (C=O) groups is 2. The van der Waals surface area contributed by atoms with Crippen molar-refractivity contribution in [3.63, 3.8) is 0 Å². The van der Waals surface area contributed by atoms with Crippen LogP contribution in [0.15, 0.2) is 78.9 Å². The third-order valence-corrected chi connectivity index (χ3v) is 3.76. The van der Waals surface area contributed by atoms with Crippen LogP contribution < -0.4 is 20.7 Å². The largest absolute Gasteiger partial charge is 0.434 e. The van der Waals surface area contributed by atoms with Gasteiger partial charge in [0.15, 0.2) is 0 Å². The van der Waals surface area contributed by atoms with Crippen LogP contribution in [0, 0.1) is 0 Å². The molecule has 0 fully saturated rings. The van der Waals surface area contributed by atoms with Crippen LogP contribution in [0.4, 0.5) is 30.6 Å². The van der Waals surface area contributed by atoms with Gasteiger partial charge in [0, 0.05) is 17.1 Å². The highest BCUT2D eigenvalue weighted by molar-refractivity contribution is 6.06. The molecule has 0 spiro atoms. The van der Waals surface area contributed by atoms with Crippen molar-refractivity contribution in [3.05, 3.63) is 84.4 Å². The van der Waals surface area contributed by atoms with E-state index in [0.29, 0.717) is 17.1 Å². The second-order valence-electron chi connectivity index (χ2n) is 5.85. The third kappa shape index (κ3) is 5.77. The average Bonchev–Trinajstić information content (AvgIpc) is 2.69. The molecule has 0 atom stereocenters. The highest BCUT2D eigenvalue weighted by atomic mass is 19.3. The van der Waals surface area contributed by atoms with Gasteiger partial charge >= 0.3 is 12.6 Å². The minimum atomic E-state index is -3.04. The molecule has 0 saturated carbocycles. The van der Waals surface area contributed by atoms with Crippen molar-refractivity contribution in [2.45, 2.75) is 6.61 Å². The van der Waals surface area contributed by atoms with Crippen molar-refractivity contribution in [2.75, 3.05) is 16.0 Å². The first-order valence-electron chi connectivity index (χ1n) is 8.59. The standard InChI is InChI=1S/C21H17F2N3O3/c22-20(23)29-18-12-5-4-11-17(18)19(27)24-15-9-6-10-16(13-15)26-21(28)25-14-7-2-1-3-8-14/h1-13,20H,(H,24,27)(H2,25,26,28). The molecule has 0 aromatic heterocycles. The number of nitrogens with one attached hydrogen (secondary N) is 3. The molecule has 0 radical (unpaired) electrons. The van der Waals surface area contributed by atoms with Gasteiger partial charge in [-0.05, 0) is 42.5 Å². The maximum Gasteiger partial charge on any atom is 0.387 e. The Kier molecular flexibility index (Phi) is 6.36.